The number of aryl methyl sites for hydroxylation is 1. The molecule has 0 bridgehead atoms. The Balaban J connectivity index is 1.51. The van der Waals surface area contributed by atoms with Gasteiger partial charge in [0.15, 0.2) is 5.58 Å². The van der Waals surface area contributed by atoms with Gasteiger partial charge >= 0.3 is 0 Å². The van der Waals surface area contributed by atoms with Gasteiger partial charge in [-0.1, -0.05) is 36.0 Å². The minimum Gasteiger partial charge on any atom is -0.496 e. The second-order valence-electron chi connectivity index (χ2n) is 7.30. The van der Waals surface area contributed by atoms with Crippen molar-refractivity contribution in [3.05, 3.63) is 76.3 Å². The maximum absolute atomic E-state index is 9.79. The van der Waals surface area contributed by atoms with Crippen LogP contribution in [0, 0.1) is 18.3 Å². The molecule has 0 unspecified atom stereocenters. The van der Waals surface area contributed by atoms with E-state index in [-0.39, 0.29) is 11.8 Å². The molecule has 3 N–H and O–H groups in total. The maximum Gasteiger partial charge on any atom is 0.257 e. The molecular weight excluding hydrogens is 426 g/mol. The number of aromatic nitrogens is 3. The standard InChI is InChI=1S/C23H19N5O3S/c1-12-19-20(15(10-24)21(25)31-22(19)28-27-12)13-7-8-17(29-2)14(9-13)11-32-23-26-16-5-3-4-6-18(16)30-23/h3-9,20H,11,25H2,1-2H3,(H,27,28)/t20-/m0/s1. The van der Waals surface area contributed by atoms with Gasteiger partial charge in [-0.2, -0.15) is 5.26 Å². The van der Waals surface area contributed by atoms with Crippen molar-refractivity contribution in [3.8, 4) is 17.7 Å². The first-order valence-electron chi connectivity index (χ1n) is 9.86. The number of ether oxygens (including phenoxy) is 2. The van der Waals surface area contributed by atoms with Crippen LogP contribution in [-0.2, 0) is 5.75 Å². The van der Waals surface area contributed by atoms with Crippen LogP contribution in [0.2, 0.25) is 0 Å². The van der Waals surface area contributed by atoms with Gasteiger partial charge in [0.05, 0.1) is 13.0 Å². The van der Waals surface area contributed by atoms with Gasteiger partial charge in [0.25, 0.3) is 5.22 Å². The predicted molar refractivity (Wildman–Crippen MR) is 119 cm³/mol. The van der Waals surface area contributed by atoms with Crippen molar-refractivity contribution in [3.63, 3.8) is 0 Å². The zero-order valence-corrected chi connectivity index (χ0v) is 18.2. The zero-order chi connectivity index (χ0) is 22.2. The van der Waals surface area contributed by atoms with E-state index >= 15 is 0 Å². The Kier molecular flexibility index (Phi) is 4.99. The summed E-state index contributed by atoms with van der Waals surface area (Å²) in [5, 5.41) is 17.5. The quantitative estimate of drug-likeness (QED) is 0.434. The van der Waals surface area contributed by atoms with E-state index in [1.54, 1.807) is 7.11 Å². The third-order valence-corrected chi connectivity index (χ3v) is 6.27. The first kappa shape index (κ1) is 20.0. The third-order valence-electron chi connectivity index (χ3n) is 5.39. The van der Waals surface area contributed by atoms with Crippen molar-refractivity contribution in [2.24, 2.45) is 5.73 Å². The Morgan fingerprint density at radius 1 is 1.28 bits per heavy atom. The first-order chi connectivity index (χ1) is 15.6. The van der Waals surface area contributed by atoms with Gasteiger partial charge in [0.2, 0.25) is 11.8 Å². The van der Waals surface area contributed by atoms with Crippen LogP contribution in [0.25, 0.3) is 11.1 Å². The van der Waals surface area contributed by atoms with Crippen LogP contribution in [0.5, 0.6) is 11.6 Å². The van der Waals surface area contributed by atoms with Gasteiger partial charge in [-0.25, -0.2) is 4.98 Å². The van der Waals surface area contributed by atoms with E-state index in [0.29, 0.717) is 22.4 Å². The molecule has 9 heteroatoms. The molecule has 2 aromatic carbocycles. The summed E-state index contributed by atoms with van der Waals surface area (Å²) >= 11 is 1.48. The highest BCUT2D eigenvalue weighted by molar-refractivity contribution is 7.98. The van der Waals surface area contributed by atoms with Gasteiger partial charge in [0.1, 0.15) is 22.9 Å². The molecule has 1 aliphatic rings. The number of hydrogen-bond donors (Lipinski definition) is 2. The number of nitrogens with one attached hydrogen (secondary N) is 1. The summed E-state index contributed by atoms with van der Waals surface area (Å²) in [6.07, 6.45) is 0. The largest absolute Gasteiger partial charge is 0.496 e. The Morgan fingerprint density at radius 3 is 2.91 bits per heavy atom. The predicted octanol–water partition coefficient (Wildman–Crippen LogP) is 4.38. The summed E-state index contributed by atoms with van der Waals surface area (Å²) in [5.41, 5.74) is 11.4. The summed E-state index contributed by atoms with van der Waals surface area (Å²) in [6, 6.07) is 15.7. The Bertz CT molecular complexity index is 1370. The highest BCUT2D eigenvalue weighted by atomic mass is 32.2. The van der Waals surface area contributed by atoms with E-state index in [2.05, 4.69) is 21.3 Å². The lowest BCUT2D eigenvalue weighted by molar-refractivity contribution is 0.378. The smallest absolute Gasteiger partial charge is 0.257 e. The normalized spacial score (nSPS) is 15.3. The fraction of sp³-hybridized carbons (Fsp3) is 0.174. The highest BCUT2D eigenvalue weighted by Gasteiger charge is 2.34. The fourth-order valence-electron chi connectivity index (χ4n) is 3.88. The molecule has 0 saturated heterocycles. The second kappa shape index (κ2) is 7.98. The molecule has 0 aliphatic carbocycles. The molecule has 8 nitrogen and oxygen atoms in total. The third kappa shape index (κ3) is 3.35. The number of aromatic amines is 1. The highest BCUT2D eigenvalue weighted by Crippen LogP contribution is 2.43. The number of oxazole rings is 1. The molecular formula is C23H19N5O3S. The number of thioether (sulfide) groups is 1. The molecule has 1 aliphatic heterocycles. The van der Waals surface area contributed by atoms with E-state index in [4.69, 9.17) is 19.6 Å². The number of nitriles is 1. The number of nitrogens with zero attached hydrogens (tertiary/aromatic N) is 3. The number of rotatable bonds is 5. The van der Waals surface area contributed by atoms with Crippen LogP contribution in [0.1, 0.15) is 28.3 Å². The fourth-order valence-corrected chi connectivity index (χ4v) is 4.69. The lowest BCUT2D eigenvalue weighted by atomic mass is 9.83. The number of hydrogen-bond acceptors (Lipinski definition) is 8. The molecule has 0 radical (unpaired) electrons. The van der Waals surface area contributed by atoms with E-state index in [0.717, 1.165) is 39.2 Å². The van der Waals surface area contributed by atoms with Gasteiger partial charge in [0, 0.05) is 22.6 Å². The molecule has 4 aromatic rings. The van der Waals surface area contributed by atoms with E-state index < -0.39 is 0 Å². The van der Waals surface area contributed by atoms with Crippen LogP contribution >= 0.6 is 11.8 Å². The molecule has 0 fully saturated rings. The van der Waals surface area contributed by atoms with Crippen LogP contribution in [0.4, 0.5) is 0 Å². The van der Waals surface area contributed by atoms with E-state index in [1.165, 1.54) is 11.8 Å². The van der Waals surface area contributed by atoms with Gasteiger partial charge in [-0.3, -0.25) is 5.10 Å². The topological polar surface area (TPSA) is 123 Å². The monoisotopic (exact) mass is 445 g/mol. The SMILES string of the molecule is COc1ccc([C@H]2C(C#N)=C(N)Oc3n[nH]c(C)c32)cc1CSc1nc2ccccc2o1. The maximum atomic E-state index is 9.79. The Labute approximate surface area is 188 Å². The van der Waals surface area contributed by atoms with Crippen molar-refractivity contribution in [2.75, 3.05) is 7.11 Å². The molecule has 2 aromatic heterocycles. The molecule has 160 valence electrons. The summed E-state index contributed by atoms with van der Waals surface area (Å²) in [6.45, 7) is 1.90. The minimum absolute atomic E-state index is 0.0646. The summed E-state index contributed by atoms with van der Waals surface area (Å²) in [4.78, 5) is 4.52. The Morgan fingerprint density at radius 2 is 2.12 bits per heavy atom. The molecule has 5 rings (SSSR count). The second-order valence-corrected chi connectivity index (χ2v) is 8.23. The molecule has 3 heterocycles. The summed E-state index contributed by atoms with van der Waals surface area (Å²) < 4.78 is 17.0. The van der Waals surface area contributed by atoms with Gasteiger partial charge in [-0.05, 0) is 30.7 Å². The summed E-state index contributed by atoms with van der Waals surface area (Å²) in [5.74, 6) is 1.38. The van der Waals surface area contributed by atoms with Crippen LogP contribution in [0.15, 0.2) is 63.6 Å². The molecule has 0 spiro atoms. The van der Waals surface area contributed by atoms with Gasteiger partial charge < -0.3 is 19.6 Å². The van der Waals surface area contributed by atoms with E-state index in [9.17, 15) is 5.26 Å². The van der Waals surface area contributed by atoms with Crippen LogP contribution < -0.4 is 15.2 Å². The number of allylic oxidation sites excluding steroid dienone is 1. The van der Waals surface area contributed by atoms with Crippen molar-refractivity contribution >= 4 is 22.9 Å². The number of benzene rings is 2. The van der Waals surface area contributed by atoms with Crippen molar-refractivity contribution in [2.45, 2.75) is 23.8 Å². The number of methoxy groups -OCH3 is 1. The lowest BCUT2D eigenvalue weighted by Gasteiger charge is -2.24. The van der Waals surface area contributed by atoms with E-state index in [1.807, 2.05) is 49.4 Å². The number of fused-ring (bicyclic) bond motifs is 2. The van der Waals surface area contributed by atoms with Crippen molar-refractivity contribution in [1.29, 1.82) is 5.26 Å². The summed E-state index contributed by atoms with van der Waals surface area (Å²) in [7, 11) is 1.63. The first-order valence-corrected chi connectivity index (χ1v) is 10.8. The molecule has 32 heavy (non-hydrogen) atoms. The van der Waals surface area contributed by atoms with Crippen LogP contribution in [-0.4, -0.2) is 22.3 Å². The molecule has 0 saturated carbocycles. The molecule has 1 atom stereocenters. The Hall–Kier alpha value is -3.90. The number of H-pyrrole nitrogens is 1. The number of para-hydroxylation sites is 2. The van der Waals surface area contributed by atoms with Crippen molar-refractivity contribution in [1.82, 2.24) is 15.2 Å². The van der Waals surface area contributed by atoms with Gasteiger partial charge in [-0.15, -0.1) is 5.10 Å². The molecule has 0 amide bonds. The zero-order valence-electron chi connectivity index (χ0n) is 17.4. The van der Waals surface area contributed by atoms with Crippen molar-refractivity contribution < 1.29 is 13.9 Å². The number of nitrogens with two attached hydrogens (primary N) is 1. The minimum atomic E-state index is -0.388. The van der Waals surface area contributed by atoms with Crippen LogP contribution in [0.3, 0.4) is 0 Å². The average molecular weight is 446 g/mol. The average Bonchev–Trinajstić information content (AvgIpc) is 3.39. The lowest BCUT2D eigenvalue weighted by Crippen LogP contribution is -2.21.